The van der Waals surface area contributed by atoms with Crippen LogP contribution in [0.1, 0.15) is 17.0 Å². The molecule has 0 aliphatic rings. The summed E-state index contributed by atoms with van der Waals surface area (Å²) in [5.74, 6) is 0.974. The summed E-state index contributed by atoms with van der Waals surface area (Å²) in [6.45, 7) is 0. The van der Waals surface area contributed by atoms with Gasteiger partial charge in [0.2, 0.25) is 0 Å². The lowest BCUT2D eigenvalue weighted by Gasteiger charge is -2.15. The van der Waals surface area contributed by atoms with E-state index in [9.17, 15) is 0 Å². The molecule has 0 amide bonds. The van der Waals surface area contributed by atoms with Crippen molar-refractivity contribution >= 4 is 43.5 Å². The van der Waals surface area contributed by atoms with Gasteiger partial charge in [-0.1, -0.05) is 56.1 Å². The second-order valence-electron chi connectivity index (χ2n) is 4.24. The highest BCUT2D eigenvalue weighted by Crippen LogP contribution is 2.26. The van der Waals surface area contributed by atoms with Crippen molar-refractivity contribution in [2.45, 2.75) is 12.3 Å². The number of alkyl halides is 1. The molecule has 0 saturated carbocycles. The van der Waals surface area contributed by atoms with Crippen LogP contribution in [0.25, 0.3) is 0 Å². The van der Waals surface area contributed by atoms with Crippen LogP contribution in [-0.4, -0.2) is 5.88 Å². The van der Waals surface area contributed by atoms with Crippen LogP contribution < -0.4 is 0 Å². The minimum absolute atomic E-state index is 0.346. The third kappa shape index (κ3) is 3.84. The van der Waals surface area contributed by atoms with E-state index in [1.165, 1.54) is 11.1 Å². The molecule has 0 spiro atoms. The molecule has 0 heterocycles. The largest absolute Gasteiger partial charge is 0.126 e. The van der Waals surface area contributed by atoms with E-state index in [0.717, 1.165) is 15.4 Å². The number of rotatable bonds is 4. The quantitative estimate of drug-likeness (QED) is 0.583. The summed E-state index contributed by atoms with van der Waals surface area (Å²) < 4.78 is 2.21. The van der Waals surface area contributed by atoms with Gasteiger partial charge >= 0.3 is 0 Å². The molecule has 1 unspecified atom stereocenters. The van der Waals surface area contributed by atoms with Crippen molar-refractivity contribution in [3.05, 3.63) is 68.6 Å². The van der Waals surface area contributed by atoms with Crippen molar-refractivity contribution in [1.29, 1.82) is 0 Å². The molecule has 0 aromatic heterocycles. The monoisotopic (exact) mass is 386 g/mol. The van der Waals surface area contributed by atoms with Gasteiger partial charge in [-0.25, -0.2) is 0 Å². The fraction of sp³-hybridized carbons (Fsp3) is 0.200. The zero-order chi connectivity index (χ0) is 13.0. The molecule has 0 saturated heterocycles. The Morgan fingerprint density at radius 1 is 0.944 bits per heavy atom. The molecule has 0 aliphatic carbocycles. The third-order valence-electron chi connectivity index (χ3n) is 2.88. The van der Waals surface area contributed by atoms with Crippen LogP contribution in [0, 0.1) is 0 Å². The van der Waals surface area contributed by atoms with E-state index >= 15 is 0 Å². The molecule has 94 valence electrons. The first kappa shape index (κ1) is 14.1. The predicted molar refractivity (Wildman–Crippen MR) is 85.4 cm³/mol. The van der Waals surface area contributed by atoms with Crippen LogP contribution in [0.2, 0.25) is 0 Å². The molecular weight excluding hydrogens is 375 g/mol. The van der Waals surface area contributed by atoms with Crippen molar-refractivity contribution in [1.82, 2.24) is 0 Å². The summed E-state index contributed by atoms with van der Waals surface area (Å²) in [4.78, 5) is 0. The Labute approximate surface area is 130 Å². The molecule has 0 radical (unpaired) electrons. The second kappa shape index (κ2) is 6.74. The molecule has 2 aromatic rings. The maximum absolute atomic E-state index is 6.12. The van der Waals surface area contributed by atoms with E-state index in [1.807, 2.05) is 12.1 Å². The van der Waals surface area contributed by atoms with E-state index < -0.39 is 0 Å². The SMILES string of the molecule is ClCC(Cc1cccc(Br)c1)c1cccc(Br)c1. The first-order valence-electron chi connectivity index (χ1n) is 5.75. The van der Waals surface area contributed by atoms with Gasteiger partial charge in [0.25, 0.3) is 0 Å². The Morgan fingerprint density at radius 3 is 2.22 bits per heavy atom. The zero-order valence-corrected chi connectivity index (χ0v) is 13.7. The lowest BCUT2D eigenvalue weighted by molar-refractivity contribution is 0.765. The summed E-state index contributed by atoms with van der Waals surface area (Å²) in [5, 5.41) is 0. The standard InChI is InChI=1S/C15H13Br2Cl/c16-14-5-1-3-11(8-14)7-13(10-18)12-4-2-6-15(17)9-12/h1-6,8-9,13H,7,10H2. The van der Waals surface area contributed by atoms with Crippen LogP contribution in [0.5, 0.6) is 0 Å². The lowest BCUT2D eigenvalue weighted by Crippen LogP contribution is -2.04. The molecule has 18 heavy (non-hydrogen) atoms. The van der Waals surface area contributed by atoms with Gasteiger partial charge in [-0.15, -0.1) is 11.6 Å². The maximum Gasteiger partial charge on any atom is 0.0295 e. The zero-order valence-electron chi connectivity index (χ0n) is 9.74. The Bertz CT molecular complexity index is 525. The summed E-state index contributed by atoms with van der Waals surface area (Å²) in [5.41, 5.74) is 2.58. The molecule has 0 N–H and O–H groups in total. The molecule has 2 rings (SSSR count). The summed E-state index contributed by atoms with van der Waals surface area (Å²) in [6.07, 6.45) is 0.958. The fourth-order valence-electron chi connectivity index (χ4n) is 1.97. The Hall–Kier alpha value is -0.310. The van der Waals surface area contributed by atoms with Gasteiger partial charge in [0.05, 0.1) is 0 Å². The maximum atomic E-state index is 6.12. The van der Waals surface area contributed by atoms with Crippen LogP contribution >= 0.6 is 43.5 Å². The minimum atomic E-state index is 0.346. The number of halogens is 3. The van der Waals surface area contributed by atoms with Gasteiger partial charge in [0.15, 0.2) is 0 Å². The average Bonchev–Trinajstić information content (AvgIpc) is 2.36. The van der Waals surface area contributed by atoms with Crippen molar-refractivity contribution in [3.8, 4) is 0 Å². The Morgan fingerprint density at radius 2 is 1.61 bits per heavy atom. The second-order valence-corrected chi connectivity index (χ2v) is 6.38. The van der Waals surface area contributed by atoms with Crippen LogP contribution in [0.4, 0.5) is 0 Å². The van der Waals surface area contributed by atoms with Gasteiger partial charge in [0, 0.05) is 20.7 Å². The molecule has 3 heteroatoms. The molecule has 0 aliphatic heterocycles. The molecule has 2 aromatic carbocycles. The highest BCUT2D eigenvalue weighted by Gasteiger charge is 2.11. The van der Waals surface area contributed by atoms with Crippen molar-refractivity contribution in [2.24, 2.45) is 0 Å². The smallest absolute Gasteiger partial charge is 0.0295 e. The number of hydrogen-bond donors (Lipinski definition) is 0. The molecule has 0 nitrogen and oxygen atoms in total. The topological polar surface area (TPSA) is 0 Å². The van der Waals surface area contributed by atoms with E-state index in [0.29, 0.717) is 11.8 Å². The molecule has 0 fully saturated rings. The highest BCUT2D eigenvalue weighted by molar-refractivity contribution is 9.10. The van der Waals surface area contributed by atoms with Crippen molar-refractivity contribution in [2.75, 3.05) is 5.88 Å². The first-order chi connectivity index (χ1) is 8.69. The van der Waals surface area contributed by atoms with Crippen LogP contribution in [0.15, 0.2) is 57.5 Å². The van der Waals surface area contributed by atoms with E-state index in [4.69, 9.17) is 11.6 Å². The summed E-state index contributed by atoms with van der Waals surface area (Å²) in [7, 11) is 0. The first-order valence-corrected chi connectivity index (χ1v) is 7.87. The van der Waals surface area contributed by atoms with Crippen molar-refractivity contribution in [3.63, 3.8) is 0 Å². The Kier molecular flexibility index (Phi) is 5.28. The molecule has 1 atom stereocenters. The number of benzene rings is 2. The van der Waals surface area contributed by atoms with Gasteiger partial charge < -0.3 is 0 Å². The molecule has 0 bridgehead atoms. The lowest BCUT2D eigenvalue weighted by atomic mass is 9.94. The third-order valence-corrected chi connectivity index (χ3v) is 4.24. The van der Waals surface area contributed by atoms with Gasteiger partial charge in [-0.05, 0) is 41.8 Å². The predicted octanol–water partition coefficient (Wildman–Crippen LogP) is 5.78. The van der Waals surface area contributed by atoms with Crippen LogP contribution in [0.3, 0.4) is 0 Å². The minimum Gasteiger partial charge on any atom is -0.126 e. The highest BCUT2D eigenvalue weighted by atomic mass is 79.9. The van der Waals surface area contributed by atoms with E-state index in [1.54, 1.807) is 0 Å². The summed E-state index contributed by atoms with van der Waals surface area (Å²) >= 11 is 13.1. The normalized spacial score (nSPS) is 12.4. The Balaban J connectivity index is 2.19. The van der Waals surface area contributed by atoms with E-state index in [-0.39, 0.29) is 0 Å². The molecular formula is C15H13Br2Cl. The average molecular weight is 389 g/mol. The van der Waals surface area contributed by atoms with Crippen molar-refractivity contribution < 1.29 is 0 Å². The summed E-state index contributed by atoms with van der Waals surface area (Å²) in [6, 6.07) is 16.8. The van der Waals surface area contributed by atoms with E-state index in [2.05, 4.69) is 68.3 Å². The van der Waals surface area contributed by atoms with Gasteiger partial charge in [-0.2, -0.15) is 0 Å². The van der Waals surface area contributed by atoms with Crippen LogP contribution in [-0.2, 0) is 6.42 Å². The van der Waals surface area contributed by atoms with Gasteiger partial charge in [0.1, 0.15) is 0 Å². The fourth-order valence-corrected chi connectivity index (χ4v) is 3.12. The van der Waals surface area contributed by atoms with Gasteiger partial charge in [-0.3, -0.25) is 0 Å². The number of hydrogen-bond acceptors (Lipinski definition) is 0.